The van der Waals surface area contributed by atoms with E-state index in [9.17, 15) is 0 Å². The molecule has 62 heavy (non-hydrogen) atoms. The second-order valence-electron chi connectivity index (χ2n) is 18.3. The van der Waals surface area contributed by atoms with Gasteiger partial charge in [-0.2, -0.15) is 0 Å². The Kier molecular flexibility index (Phi) is 13.3. The molecule has 0 atom stereocenters. The molecule has 317 valence electrons. The molecular formula is C55H56IrN4OSi-2. The zero-order chi connectivity index (χ0) is 43.0. The number of benzene rings is 5. The van der Waals surface area contributed by atoms with E-state index in [0.29, 0.717) is 5.92 Å². The van der Waals surface area contributed by atoms with E-state index in [2.05, 4.69) is 169 Å². The van der Waals surface area contributed by atoms with E-state index in [-0.39, 0.29) is 31.9 Å². The Labute approximate surface area is 382 Å². The van der Waals surface area contributed by atoms with Crippen molar-refractivity contribution >= 4 is 46.4 Å². The number of nitrogens with zero attached hydrogens (tertiary/aromatic N) is 4. The van der Waals surface area contributed by atoms with Crippen molar-refractivity contribution in [3.05, 3.63) is 162 Å². The van der Waals surface area contributed by atoms with Crippen LogP contribution in [0.15, 0.2) is 132 Å². The van der Waals surface area contributed by atoms with E-state index in [1.165, 1.54) is 33.0 Å². The third-order valence-corrected chi connectivity index (χ3v) is 13.4. The maximum absolute atomic E-state index is 6.48. The largest absolute Gasteiger partial charge is 0.501 e. The molecule has 4 aromatic heterocycles. The van der Waals surface area contributed by atoms with Crippen molar-refractivity contribution in [3.8, 4) is 39.5 Å². The summed E-state index contributed by atoms with van der Waals surface area (Å²) in [5, 5.41) is 3.64. The summed E-state index contributed by atoms with van der Waals surface area (Å²) in [6.45, 7) is 22.9. The van der Waals surface area contributed by atoms with Crippen LogP contribution in [0.4, 0.5) is 0 Å². The van der Waals surface area contributed by atoms with Crippen molar-refractivity contribution in [2.45, 2.75) is 86.4 Å². The number of para-hydroxylation sites is 1. The molecule has 9 aromatic rings. The summed E-state index contributed by atoms with van der Waals surface area (Å²) in [6, 6.07) is 46.8. The minimum absolute atomic E-state index is 0. The maximum atomic E-state index is 6.48. The Morgan fingerprint density at radius 1 is 0.694 bits per heavy atom. The van der Waals surface area contributed by atoms with Crippen molar-refractivity contribution in [2.75, 3.05) is 0 Å². The molecule has 5 aromatic carbocycles. The van der Waals surface area contributed by atoms with Crippen LogP contribution in [0.5, 0.6) is 0 Å². The quantitative estimate of drug-likeness (QED) is 0.107. The van der Waals surface area contributed by atoms with Crippen LogP contribution in [-0.2, 0) is 26.5 Å². The first kappa shape index (κ1) is 44.6. The van der Waals surface area contributed by atoms with Gasteiger partial charge in [0.25, 0.3) is 0 Å². The van der Waals surface area contributed by atoms with Crippen LogP contribution in [0.3, 0.4) is 0 Å². The minimum atomic E-state index is -1.34. The fourth-order valence-electron chi connectivity index (χ4n) is 8.40. The van der Waals surface area contributed by atoms with Crippen molar-refractivity contribution in [3.63, 3.8) is 0 Å². The number of aryl methyl sites for hydroxylation is 1. The topological polar surface area (TPSA) is 56.7 Å². The van der Waals surface area contributed by atoms with Gasteiger partial charge in [-0.15, -0.1) is 54.1 Å². The van der Waals surface area contributed by atoms with Gasteiger partial charge in [0.2, 0.25) is 0 Å². The molecule has 0 aliphatic heterocycles. The van der Waals surface area contributed by atoms with E-state index in [1.807, 2.05) is 48.7 Å². The second-order valence-corrected chi connectivity index (χ2v) is 23.4. The van der Waals surface area contributed by atoms with Crippen molar-refractivity contribution < 1.29 is 24.5 Å². The van der Waals surface area contributed by atoms with E-state index < -0.39 is 8.07 Å². The third-order valence-electron chi connectivity index (χ3n) is 11.4. The normalized spacial score (nSPS) is 11.8. The fraction of sp³-hybridized carbons (Fsp3) is 0.255. The van der Waals surface area contributed by atoms with Crippen LogP contribution in [0.25, 0.3) is 72.6 Å². The number of furan rings is 1. The van der Waals surface area contributed by atoms with Crippen LogP contribution in [-0.4, -0.2) is 27.6 Å². The molecule has 0 aliphatic carbocycles. The summed E-state index contributed by atoms with van der Waals surface area (Å²) in [6.07, 6.45) is 5.17. The Morgan fingerprint density at radius 2 is 1.39 bits per heavy atom. The molecule has 0 amide bonds. The van der Waals surface area contributed by atoms with Gasteiger partial charge in [0.15, 0.2) is 5.65 Å². The van der Waals surface area contributed by atoms with Crippen LogP contribution in [0.2, 0.25) is 19.6 Å². The summed E-state index contributed by atoms with van der Waals surface area (Å²) in [7, 11) is -1.34. The molecule has 0 saturated heterocycles. The SMILES string of the molecule is CC(C)Cc1cc(-c2[c-]cccc2)ncc1[Si](C)(C)C.Cc1cnc2c(c1)nc(-c1[c-]ccc3c1oc1ccccc13)n2-c1c(C(C)C)cc(-c2ccccc2)cc1C(C)C.[Ir]. The summed E-state index contributed by atoms with van der Waals surface area (Å²) in [5.74, 6) is 2.00. The molecule has 0 aliphatic rings. The Hall–Kier alpha value is -5.46. The first-order valence-electron chi connectivity index (χ1n) is 21.7. The zero-order valence-corrected chi connectivity index (χ0v) is 41.0. The molecule has 5 nitrogen and oxygen atoms in total. The van der Waals surface area contributed by atoms with Crippen LogP contribution >= 0.6 is 0 Å². The van der Waals surface area contributed by atoms with Gasteiger partial charge in [0.1, 0.15) is 5.58 Å². The predicted molar refractivity (Wildman–Crippen MR) is 259 cm³/mol. The van der Waals surface area contributed by atoms with Gasteiger partial charge in [0.05, 0.1) is 25.0 Å². The number of hydrogen-bond acceptors (Lipinski definition) is 4. The molecule has 7 heteroatoms. The Morgan fingerprint density at radius 3 is 2.05 bits per heavy atom. The standard InChI is InChI=1S/C37H32N3O.C18H24NSi.Ir/c1-22(2)30-19-26(25-12-7-6-8-13-25)20-31(23(3)4)34(30)40-36(39-32-18-24(5)21-38-37(32)40)29-16-11-15-28-27-14-9-10-17-33(27)41-35(28)29;1-14(2)11-16-12-17(15-9-7-6-8-10-15)19-13-18(16)20(3,4)5;/h6-15,17-23H,1-5H3;6-9,12-14H,11H2,1-5H3;/q2*-1;. The number of aromatic nitrogens is 4. The molecule has 9 rings (SSSR count). The summed E-state index contributed by atoms with van der Waals surface area (Å²) in [4.78, 5) is 14.9. The van der Waals surface area contributed by atoms with Gasteiger partial charge < -0.3 is 14.0 Å². The number of fused-ring (bicyclic) bond motifs is 4. The number of pyridine rings is 2. The smallest absolute Gasteiger partial charge is 0.155 e. The monoisotopic (exact) mass is 1010 g/mol. The number of hydrogen-bond donors (Lipinski definition) is 0. The molecule has 0 unspecified atom stereocenters. The van der Waals surface area contributed by atoms with Gasteiger partial charge in [-0.1, -0.05) is 132 Å². The van der Waals surface area contributed by atoms with Gasteiger partial charge in [0, 0.05) is 43.6 Å². The minimum Gasteiger partial charge on any atom is -0.501 e. The van der Waals surface area contributed by atoms with E-state index in [0.717, 1.165) is 73.4 Å². The first-order chi connectivity index (χ1) is 29.3. The van der Waals surface area contributed by atoms with Gasteiger partial charge in [-0.05, 0) is 94.1 Å². The Balaban J connectivity index is 0.000000233. The van der Waals surface area contributed by atoms with Gasteiger partial charge in [-0.25, -0.2) is 4.98 Å². The second kappa shape index (κ2) is 18.5. The molecule has 4 heterocycles. The molecule has 0 fully saturated rings. The Bertz CT molecular complexity index is 2950. The molecule has 1 radical (unpaired) electrons. The molecule has 0 saturated carbocycles. The van der Waals surface area contributed by atoms with Crippen LogP contribution < -0.4 is 5.19 Å². The van der Waals surface area contributed by atoms with Crippen LogP contribution in [0, 0.1) is 25.0 Å². The summed E-state index contributed by atoms with van der Waals surface area (Å²) < 4.78 is 8.73. The van der Waals surface area contributed by atoms with Crippen molar-refractivity contribution in [2.24, 2.45) is 5.92 Å². The predicted octanol–water partition coefficient (Wildman–Crippen LogP) is 14.3. The molecule has 0 spiro atoms. The molecule has 0 N–H and O–H groups in total. The van der Waals surface area contributed by atoms with Gasteiger partial charge >= 0.3 is 0 Å². The third kappa shape index (κ3) is 9.03. The fourth-order valence-corrected chi connectivity index (χ4v) is 9.99. The average Bonchev–Trinajstić information content (AvgIpc) is 3.81. The first-order valence-corrected chi connectivity index (χ1v) is 25.2. The average molecular weight is 1010 g/mol. The van der Waals surface area contributed by atoms with Crippen LogP contribution in [0.1, 0.15) is 75.6 Å². The van der Waals surface area contributed by atoms with Gasteiger partial charge in [-0.3, -0.25) is 4.98 Å². The van der Waals surface area contributed by atoms with E-state index in [1.54, 1.807) is 0 Å². The van der Waals surface area contributed by atoms with Crippen molar-refractivity contribution in [1.82, 2.24) is 19.5 Å². The zero-order valence-electron chi connectivity index (χ0n) is 37.6. The van der Waals surface area contributed by atoms with Crippen molar-refractivity contribution in [1.29, 1.82) is 0 Å². The van der Waals surface area contributed by atoms with E-state index in [4.69, 9.17) is 14.4 Å². The number of imidazole rings is 1. The number of rotatable bonds is 9. The maximum Gasteiger partial charge on any atom is 0.155 e. The summed E-state index contributed by atoms with van der Waals surface area (Å²) >= 11 is 0. The molecular weight excluding hydrogens is 953 g/mol. The molecule has 0 bridgehead atoms. The van der Waals surface area contributed by atoms with E-state index >= 15 is 0 Å². The summed E-state index contributed by atoms with van der Waals surface area (Å²) in [5.41, 5.74) is 15.0.